The Bertz CT molecular complexity index is 323. The van der Waals surface area contributed by atoms with E-state index in [2.05, 4.69) is 5.32 Å². The minimum absolute atomic E-state index is 0.0814. The van der Waals surface area contributed by atoms with Crippen LogP contribution < -0.4 is 5.32 Å². The molecule has 1 N–H and O–H groups in total. The van der Waals surface area contributed by atoms with E-state index in [1.807, 2.05) is 20.8 Å². The first-order valence-electron chi connectivity index (χ1n) is 6.88. The summed E-state index contributed by atoms with van der Waals surface area (Å²) in [6.07, 6.45) is -0.291. The zero-order valence-corrected chi connectivity index (χ0v) is 12.4. The van der Waals surface area contributed by atoms with Gasteiger partial charge < -0.3 is 19.9 Å². The van der Waals surface area contributed by atoms with Crippen LogP contribution in [0.5, 0.6) is 0 Å². The Morgan fingerprint density at radius 1 is 1.11 bits per heavy atom. The molecule has 0 aromatic rings. The number of amides is 2. The number of carbonyl (C=O) groups excluding carboxylic acids is 2. The summed E-state index contributed by atoms with van der Waals surface area (Å²) in [6.45, 7) is 10.9. The van der Waals surface area contributed by atoms with Gasteiger partial charge in [0.05, 0.1) is 12.1 Å². The third kappa shape index (κ3) is 4.09. The molecule has 19 heavy (non-hydrogen) atoms. The van der Waals surface area contributed by atoms with Crippen molar-refractivity contribution in [3.63, 3.8) is 0 Å². The average Bonchev–Trinajstić information content (AvgIpc) is 2.38. The second-order valence-electron chi connectivity index (χ2n) is 5.13. The molecular formula is C13H25N3O3. The van der Waals surface area contributed by atoms with Crippen LogP contribution in [0.1, 0.15) is 27.7 Å². The van der Waals surface area contributed by atoms with Crippen LogP contribution in [0.3, 0.4) is 0 Å². The zero-order chi connectivity index (χ0) is 14.5. The van der Waals surface area contributed by atoms with E-state index in [1.54, 1.807) is 16.7 Å². The van der Waals surface area contributed by atoms with Crippen LogP contribution in [0.15, 0.2) is 0 Å². The van der Waals surface area contributed by atoms with Gasteiger partial charge in [-0.1, -0.05) is 6.92 Å². The molecule has 1 aliphatic rings. The summed E-state index contributed by atoms with van der Waals surface area (Å²) in [4.78, 5) is 27.4. The maximum atomic E-state index is 12.3. The first-order chi connectivity index (χ1) is 8.92. The SMILES string of the molecule is CCNC(C)(C)C(=O)N1CCN(C(=O)OCC)CC1. The quantitative estimate of drug-likeness (QED) is 0.816. The van der Waals surface area contributed by atoms with Crippen LogP contribution in [0.4, 0.5) is 4.79 Å². The lowest BCUT2D eigenvalue weighted by Gasteiger charge is -2.38. The van der Waals surface area contributed by atoms with Crippen LogP contribution >= 0.6 is 0 Å². The molecule has 6 heteroatoms. The van der Waals surface area contributed by atoms with Crippen molar-refractivity contribution in [1.29, 1.82) is 0 Å². The smallest absolute Gasteiger partial charge is 0.409 e. The molecule has 0 aromatic carbocycles. The zero-order valence-electron chi connectivity index (χ0n) is 12.4. The molecule has 1 fully saturated rings. The molecule has 0 bridgehead atoms. The van der Waals surface area contributed by atoms with Crippen molar-refractivity contribution < 1.29 is 14.3 Å². The summed E-state index contributed by atoms with van der Waals surface area (Å²) in [6, 6.07) is 0. The Kier molecular flexibility index (Phi) is 5.60. The topological polar surface area (TPSA) is 61.9 Å². The minimum atomic E-state index is -0.555. The molecule has 1 aliphatic heterocycles. The Morgan fingerprint density at radius 2 is 1.63 bits per heavy atom. The van der Waals surface area contributed by atoms with Crippen molar-refractivity contribution in [2.75, 3.05) is 39.3 Å². The van der Waals surface area contributed by atoms with E-state index in [9.17, 15) is 9.59 Å². The molecule has 0 radical (unpaired) electrons. The van der Waals surface area contributed by atoms with Gasteiger partial charge in [-0.25, -0.2) is 4.79 Å². The Morgan fingerprint density at radius 3 is 2.11 bits per heavy atom. The second kappa shape index (κ2) is 6.75. The van der Waals surface area contributed by atoms with Gasteiger partial charge in [0.15, 0.2) is 0 Å². The fourth-order valence-electron chi connectivity index (χ4n) is 2.22. The molecule has 6 nitrogen and oxygen atoms in total. The molecule has 2 amide bonds. The number of carbonyl (C=O) groups is 2. The van der Waals surface area contributed by atoms with Gasteiger partial charge in [0.25, 0.3) is 0 Å². The molecule has 0 atom stereocenters. The fourth-order valence-corrected chi connectivity index (χ4v) is 2.22. The lowest BCUT2D eigenvalue weighted by atomic mass is 10.0. The molecule has 0 aliphatic carbocycles. The van der Waals surface area contributed by atoms with E-state index in [4.69, 9.17) is 4.74 Å². The molecule has 0 unspecified atom stereocenters. The van der Waals surface area contributed by atoms with Crippen molar-refractivity contribution in [2.45, 2.75) is 33.2 Å². The highest BCUT2D eigenvalue weighted by Crippen LogP contribution is 2.11. The van der Waals surface area contributed by atoms with Gasteiger partial charge in [0, 0.05) is 26.2 Å². The van der Waals surface area contributed by atoms with Gasteiger partial charge >= 0.3 is 6.09 Å². The summed E-state index contributed by atoms with van der Waals surface area (Å²) < 4.78 is 4.95. The third-order valence-electron chi connectivity index (χ3n) is 3.25. The first kappa shape index (κ1) is 15.8. The number of likely N-dealkylation sites (N-methyl/N-ethyl adjacent to an activating group) is 1. The van der Waals surface area contributed by atoms with Crippen LogP contribution in [-0.4, -0.2) is 66.7 Å². The molecule has 110 valence electrons. The number of nitrogens with zero attached hydrogens (tertiary/aromatic N) is 2. The second-order valence-corrected chi connectivity index (χ2v) is 5.13. The Balaban J connectivity index is 2.49. The Hall–Kier alpha value is -1.30. The predicted octanol–water partition coefficient (Wildman–Crippen LogP) is 0.675. The predicted molar refractivity (Wildman–Crippen MR) is 72.9 cm³/mol. The molecule has 0 aromatic heterocycles. The fraction of sp³-hybridized carbons (Fsp3) is 0.846. The number of rotatable bonds is 4. The lowest BCUT2D eigenvalue weighted by molar-refractivity contribution is -0.138. The monoisotopic (exact) mass is 271 g/mol. The standard InChI is InChI=1S/C13H25N3O3/c1-5-14-13(3,4)11(17)15-7-9-16(10-8-15)12(18)19-6-2/h14H,5-10H2,1-4H3. The molecule has 1 heterocycles. The number of hydrogen-bond donors (Lipinski definition) is 1. The average molecular weight is 271 g/mol. The number of ether oxygens (including phenoxy) is 1. The van der Waals surface area contributed by atoms with E-state index < -0.39 is 5.54 Å². The highest BCUT2D eigenvalue weighted by atomic mass is 16.6. The molecule has 1 saturated heterocycles. The van der Waals surface area contributed by atoms with Gasteiger partial charge in [-0.2, -0.15) is 0 Å². The van der Waals surface area contributed by atoms with E-state index in [1.165, 1.54) is 0 Å². The largest absolute Gasteiger partial charge is 0.450 e. The van der Waals surface area contributed by atoms with E-state index in [0.29, 0.717) is 32.8 Å². The van der Waals surface area contributed by atoms with Crippen molar-refractivity contribution >= 4 is 12.0 Å². The summed E-state index contributed by atoms with van der Waals surface area (Å²) in [5, 5.41) is 3.18. The van der Waals surface area contributed by atoms with Crippen LogP contribution in [0.2, 0.25) is 0 Å². The van der Waals surface area contributed by atoms with Crippen molar-refractivity contribution in [1.82, 2.24) is 15.1 Å². The first-order valence-corrected chi connectivity index (χ1v) is 6.88. The maximum Gasteiger partial charge on any atom is 0.409 e. The summed E-state index contributed by atoms with van der Waals surface area (Å²) >= 11 is 0. The van der Waals surface area contributed by atoms with Gasteiger partial charge in [-0.05, 0) is 27.3 Å². The highest BCUT2D eigenvalue weighted by molar-refractivity contribution is 5.85. The maximum absolute atomic E-state index is 12.3. The van der Waals surface area contributed by atoms with Gasteiger partial charge in [0.2, 0.25) is 5.91 Å². The summed E-state index contributed by atoms with van der Waals surface area (Å²) in [5.41, 5.74) is -0.555. The van der Waals surface area contributed by atoms with E-state index in [-0.39, 0.29) is 12.0 Å². The van der Waals surface area contributed by atoms with E-state index >= 15 is 0 Å². The van der Waals surface area contributed by atoms with Crippen molar-refractivity contribution in [3.8, 4) is 0 Å². The third-order valence-corrected chi connectivity index (χ3v) is 3.25. The number of hydrogen-bond acceptors (Lipinski definition) is 4. The van der Waals surface area contributed by atoms with Gasteiger partial charge in [-0.15, -0.1) is 0 Å². The summed E-state index contributed by atoms with van der Waals surface area (Å²) in [5.74, 6) is 0.0814. The normalized spacial score (nSPS) is 16.4. The lowest BCUT2D eigenvalue weighted by Crippen LogP contribution is -2.59. The van der Waals surface area contributed by atoms with Crippen LogP contribution in [-0.2, 0) is 9.53 Å². The highest BCUT2D eigenvalue weighted by Gasteiger charge is 2.33. The minimum Gasteiger partial charge on any atom is -0.450 e. The van der Waals surface area contributed by atoms with Crippen molar-refractivity contribution in [2.24, 2.45) is 0 Å². The van der Waals surface area contributed by atoms with Crippen LogP contribution in [0, 0.1) is 0 Å². The number of nitrogens with one attached hydrogen (secondary N) is 1. The van der Waals surface area contributed by atoms with Gasteiger partial charge in [0.1, 0.15) is 0 Å². The molecule has 1 rings (SSSR count). The van der Waals surface area contributed by atoms with Gasteiger partial charge in [-0.3, -0.25) is 4.79 Å². The summed E-state index contributed by atoms with van der Waals surface area (Å²) in [7, 11) is 0. The number of piperazine rings is 1. The van der Waals surface area contributed by atoms with Crippen molar-refractivity contribution in [3.05, 3.63) is 0 Å². The van der Waals surface area contributed by atoms with E-state index in [0.717, 1.165) is 6.54 Å². The molecule has 0 spiro atoms. The molecule has 0 saturated carbocycles. The van der Waals surface area contributed by atoms with Crippen LogP contribution in [0.25, 0.3) is 0 Å². The Labute approximate surface area is 115 Å². The molecular weight excluding hydrogens is 246 g/mol.